The van der Waals surface area contributed by atoms with Crippen LogP contribution in [0.3, 0.4) is 0 Å². The van der Waals surface area contributed by atoms with Crippen molar-refractivity contribution >= 4 is 41.5 Å². The molecular formula is C18H22ClFIN3O. The van der Waals surface area contributed by atoms with Gasteiger partial charge in [0.15, 0.2) is 5.96 Å². The molecule has 0 spiro atoms. The van der Waals surface area contributed by atoms with Crippen molar-refractivity contribution in [3.8, 4) is 5.75 Å². The number of nitrogens with one attached hydrogen (secondary N) is 2. The van der Waals surface area contributed by atoms with Gasteiger partial charge in [0.1, 0.15) is 11.6 Å². The molecule has 0 radical (unpaired) electrons. The van der Waals surface area contributed by atoms with Crippen molar-refractivity contribution in [3.63, 3.8) is 0 Å². The standard InChI is InChI=1S/C18H21ClFN3O.HI/c1-21-18(23-12-13-5-3-6-14(11-13)24-2)22-10-9-15-16(19)7-4-8-17(15)20;/h3-8,11H,9-10,12H2,1-2H3,(H2,21,22,23);1H. The van der Waals surface area contributed by atoms with E-state index in [1.54, 1.807) is 26.3 Å². The van der Waals surface area contributed by atoms with Gasteiger partial charge in [-0.25, -0.2) is 4.39 Å². The maximum Gasteiger partial charge on any atom is 0.191 e. The Balaban J connectivity index is 0.00000312. The molecular weight excluding hydrogens is 456 g/mol. The van der Waals surface area contributed by atoms with E-state index in [1.807, 2.05) is 24.3 Å². The van der Waals surface area contributed by atoms with Crippen LogP contribution >= 0.6 is 35.6 Å². The lowest BCUT2D eigenvalue weighted by atomic mass is 10.1. The number of guanidine groups is 1. The van der Waals surface area contributed by atoms with Crippen LogP contribution in [0, 0.1) is 5.82 Å². The van der Waals surface area contributed by atoms with E-state index in [-0.39, 0.29) is 29.8 Å². The predicted molar refractivity (Wildman–Crippen MR) is 112 cm³/mol. The zero-order valence-corrected chi connectivity index (χ0v) is 17.3. The third kappa shape index (κ3) is 6.70. The summed E-state index contributed by atoms with van der Waals surface area (Å²) in [6.45, 7) is 1.13. The van der Waals surface area contributed by atoms with Gasteiger partial charge in [-0.3, -0.25) is 4.99 Å². The Morgan fingerprint density at radius 3 is 2.64 bits per heavy atom. The van der Waals surface area contributed by atoms with Crippen LogP contribution < -0.4 is 15.4 Å². The lowest BCUT2D eigenvalue weighted by Crippen LogP contribution is -2.37. The SMILES string of the molecule is CN=C(NCCc1c(F)cccc1Cl)NCc1cccc(OC)c1.I. The van der Waals surface area contributed by atoms with Crippen molar-refractivity contribution in [3.05, 3.63) is 64.4 Å². The minimum Gasteiger partial charge on any atom is -0.497 e. The molecule has 0 amide bonds. The Hall–Kier alpha value is -1.54. The lowest BCUT2D eigenvalue weighted by molar-refractivity contribution is 0.414. The van der Waals surface area contributed by atoms with Gasteiger partial charge in [0.05, 0.1) is 7.11 Å². The highest BCUT2D eigenvalue weighted by molar-refractivity contribution is 14.0. The lowest BCUT2D eigenvalue weighted by Gasteiger charge is -2.13. The molecule has 136 valence electrons. The number of nitrogens with zero attached hydrogens (tertiary/aromatic N) is 1. The molecule has 2 aromatic carbocycles. The van der Waals surface area contributed by atoms with E-state index in [1.165, 1.54) is 6.07 Å². The summed E-state index contributed by atoms with van der Waals surface area (Å²) in [6.07, 6.45) is 0.478. The molecule has 0 aliphatic rings. The molecule has 7 heteroatoms. The number of hydrogen-bond donors (Lipinski definition) is 2. The molecule has 2 rings (SSSR count). The second-order valence-corrected chi connectivity index (χ2v) is 5.56. The molecule has 0 bridgehead atoms. The van der Waals surface area contributed by atoms with Gasteiger partial charge in [0, 0.05) is 30.7 Å². The molecule has 0 aliphatic carbocycles. The van der Waals surface area contributed by atoms with E-state index < -0.39 is 0 Å². The van der Waals surface area contributed by atoms with Gasteiger partial charge in [0.2, 0.25) is 0 Å². The van der Waals surface area contributed by atoms with Gasteiger partial charge in [-0.2, -0.15) is 0 Å². The zero-order chi connectivity index (χ0) is 17.4. The van der Waals surface area contributed by atoms with Crippen LogP contribution in [0.2, 0.25) is 5.02 Å². The van der Waals surface area contributed by atoms with Gasteiger partial charge in [-0.1, -0.05) is 29.8 Å². The maximum atomic E-state index is 13.7. The van der Waals surface area contributed by atoms with E-state index in [9.17, 15) is 4.39 Å². The first-order chi connectivity index (χ1) is 11.6. The largest absolute Gasteiger partial charge is 0.497 e. The maximum absolute atomic E-state index is 13.7. The average molecular weight is 478 g/mol. The summed E-state index contributed by atoms with van der Waals surface area (Å²) in [5.74, 6) is 1.17. The molecule has 25 heavy (non-hydrogen) atoms. The predicted octanol–water partition coefficient (Wildman–Crippen LogP) is 4.01. The molecule has 0 saturated heterocycles. The summed E-state index contributed by atoms with van der Waals surface area (Å²) in [4.78, 5) is 4.16. The van der Waals surface area contributed by atoms with Gasteiger partial charge >= 0.3 is 0 Å². The van der Waals surface area contributed by atoms with Crippen molar-refractivity contribution in [2.75, 3.05) is 20.7 Å². The van der Waals surface area contributed by atoms with Crippen molar-refractivity contribution in [1.82, 2.24) is 10.6 Å². The number of rotatable bonds is 6. The Morgan fingerprint density at radius 1 is 1.20 bits per heavy atom. The number of benzene rings is 2. The molecule has 0 unspecified atom stereocenters. The Labute approximate surface area is 169 Å². The fraction of sp³-hybridized carbons (Fsp3) is 0.278. The van der Waals surface area contributed by atoms with Crippen LogP contribution in [0.1, 0.15) is 11.1 Å². The molecule has 0 aliphatic heterocycles. The molecule has 0 atom stereocenters. The topological polar surface area (TPSA) is 45.7 Å². The zero-order valence-electron chi connectivity index (χ0n) is 14.2. The molecule has 0 heterocycles. The van der Waals surface area contributed by atoms with Crippen LogP contribution in [-0.2, 0) is 13.0 Å². The minimum atomic E-state index is -0.288. The Kier molecular flexibility index (Phi) is 9.59. The fourth-order valence-electron chi connectivity index (χ4n) is 2.27. The number of halogens is 3. The van der Waals surface area contributed by atoms with Crippen LogP contribution in [0.4, 0.5) is 4.39 Å². The first-order valence-corrected chi connectivity index (χ1v) is 8.02. The summed E-state index contributed by atoms with van der Waals surface area (Å²) < 4.78 is 18.9. The van der Waals surface area contributed by atoms with Crippen molar-refractivity contribution in [2.45, 2.75) is 13.0 Å². The summed E-state index contributed by atoms with van der Waals surface area (Å²) in [5.41, 5.74) is 1.59. The number of aliphatic imine (C=N–C) groups is 1. The highest BCUT2D eigenvalue weighted by Gasteiger charge is 2.07. The smallest absolute Gasteiger partial charge is 0.191 e. The van der Waals surface area contributed by atoms with E-state index in [4.69, 9.17) is 16.3 Å². The van der Waals surface area contributed by atoms with E-state index in [0.717, 1.165) is 11.3 Å². The minimum absolute atomic E-state index is 0. The first kappa shape index (κ1) is 21.5. The number of hydrogen-bond acceptors (Lipinski definition) is 2. The van der Waals surface area contributed by atoms with Crippen molar-refractivity contribution < 1.29 is 9.13 Å². The highest BCUT2D eigenvalue weighted by Crippen LogP contribution is 2.19. The Morgan fingerprint density at radius 2 is 1.96 bits per heavy atom. The summed E-state index contributed by atoms with van der Waals surface area (Å²) in [5, 5.41) is 6.80. The van der Waals surface area contributed by atoms with Crippen LogP contribution in [-0.4, -0.2) is 26.7 Å². The highest BCUT2D eigenvalue weighted by atomic mass is 127. The number of ether oxygens (including phenoxy) is 1. The quantitative estimate of drug-likeness (QED) is 0.375. The molecule has 2 N–H and O–H groups in total. The first-order valence-electron chi connectivity index (χ1n) is 7.64. The second-order valence-electron chi connectivity index (χ2n) is 5.15. The fourth-order valence-corrected chi connectivity index (χ4v) is 2.52. The molecule has 0 saturated carbocycles. The Bertz CT molecular complexity index is 692. The molecule has 0 fully saturated rings. The summed E-state index contributed by atoms with van der Waals surface area (Å²) in [7, 11) is 3.33. The van der Waals surface area contributed by atoms with E-state index >= 15 is 0 Å². The normalized spacial score (nSPS) is 10.8. The number of methoxy groups -OCH3 is 1. The third-order valence-corrected chi connectivity index (χ3v) is 3.90. The third-order valence-electron chi connectivity index (χ3n) is 3.55. The molecule has 0 aromatic heterocycles. The average Bonchev–Trinajstić information content (AvgIpc) is 2.60. The van der Waals surface area contributed by atoms with Crippen molar-refractivity contribution in [2.24, 2.45) is 4.99 Å². The molecule has 4 nitrogen and oxygen atoms in total. The van der Waals surface area contributed by atoms with Crippen LogP contribution in [0.25, 0.3) is 0 Å². The summed E-state index contributed by atoms with van der Waals surface area (Å²) >= 11 is 6.02. The van der Waals surface area contributed by atoms with Crippen LogP contribution in [0.5, 0.6) is 5.75 Å². The summed E-state index contributed by atoms with van der Waals surface area (Å²) in [6, 6.07) is 12.5. The van der Waals surface area contributed by atoms with Gasteiger partial charge in [-0.05, 0) is 36.2 Å². The van der Waals surface area contributed by atoms with E-state index in [2.05, 4.69) is 15.6 Å². The monoisotopic (exact) mass is 477 g/mol. The molecule has 2 aromatic rings. The van der Waals surface area contributed by atoms with Crippen molar-refractivity contribution in [1.29, 1.82) is 0 Å². The van der Waals surface area contributed by atoms with E-state index in [0.29, 0.717) is 36.1 Å². The van der Waals surface area contributed by atoms with Crippen LogP contribution in [0.15, 0.2) is 47.5 Å². The van der Waals surface area contributed by atoms with Gasteiger partial charge in [0.25, 0.3) is 0 Å². The van der Waals surface area contributed by atoms with Gasteiger partial charge in [-0.15, -0.1) is 24.0 Å². The second kappa shape index (κ2) is 11.1. The van der Waals surface area contributed by atoms with Gasteiger partial charge < -0.3 is 15.4 Å².